The van der Waals surface area contributed by atoms with Crippen molar-refractivity contribution in [2.45, 2.75) is 31.4 Å². The normalized spacial score (nSPS) is 20.3. The van der Waals surface area contributed by atoms with E-state index in [1.807, 2.05) is 6.07 Å². The van der Waals surface area contributed by atoms with Gasteiger partial charge in [-0.15, -0.1) is 0 Å². The fourth-order valence-corrected chi connectivity index (χ4v) is 4.82. The second kappa shape index (κ2) is 7.20. The topological polar surface area (TPSA) is 78.0 Å². The van der Waals surface area contributed by atoms with Crippen molar-refractivity contribution in [1.82, 2.24) is 20.1 Å². The average Bonchev–Trinajstić information content (AvgIpc) is 3.42. The fraction of sp³-hybridized carbons (Fsp3) is 0.333. The average molecular weight is 430 g/mol. The van der Waals surface area contributed by atoms with Gasteiger partial charge >= 0.3 is 0 Å². The van der Waals surface area contributed by atoms with E-state index in [-0.39, 0.29) is 12.0 Å². The molecular weight excluding hydrogens is 409 g/mol. The number of hydrogen-bond donors (Lipinski definition) is 2. The molecule has 3 N–H and O–H groups in total. The number of halogens is 2. The highest BCUT2D eigenvalue weighted by molar-refractivity contribution is 6.35. The first-order valence-electron chi connectivity index (χ1n) is 9.66. The summed E-state index contributed by atoms with van der Waals surface area (Å²) in [6, 6.07) is 9.43. The molecule has 3 aromatic rings. The van der Waals surface area contributed by atoms with Crippen LogP contribution in [0.2, 0.25) is 10.0 Å². The Morgan fingerprint density at radius 2 is 2.03 bits per heavy atom. The molecule has 6 nitrogen and oxygen atoms in total. The van der Waals surface area contributed by atoms with Gasteiger partial charge in [-0.25, -0.2) is 4.98 Å². The van der Waals surface area contributed by atoms with Crippen molar-refractivity contribution in [3.8, 4) is 17.0 Å². The van der Waals surface area contributed by atoms with Crippen LogP contribution >= 0.6 is 23.2 Å². The van der Waals surface area contributed by atoms with Crippen molar-refractivity contribution in [3.05, 3.63) is 57.8 Å². The van der Waals surface area contributed by atoms with Crippen LogP contribution in [0.5, 0.6) is 5.75 Å². The third-order valence-electron chi connectivity index (χ3n) is 5.98. The summed E-state index contributed by atoms with van der Waals surface area (Å²) in [5, 5.41) is 9.41. The quantitative estimate of drug-likeness (QED) is 0.653. The summed E-state index contributed by atoms with van der Waals surface area (Å²) >= 11 is 12.5. The smallest absolute Gasteiger partial charge is 0.166 e. The van der Waals surface area contributed by atoms with E-state index < -0.39 is 0 Å². The lowest BCUT2D eigenvalue weighted by Crippen LogP contribution is -2.25. The number of nitrogens with two attached hydrogens (primary N) is 1. The van der Waals surface area contributed by atoms with Gasteiger partial charge in [-0.2, -0.15) is 5.10 Å². The Morgan fingerprint density at radius 3 is 2.79 bits per heavy atom. The summed E-state index contributed by atoms with van der Waals surface area (Å²) < 4.78 is 8.04. The van der Waals surface area contributed by atoms with Crippen LogP contribution < -0.4 is 15.8 Å². The molecular formula is C21H21Cl2N5O. The lowest BCUT2D eigenvalue weighted by molar-refractivity contribution is 0.307. The highest BCUT2D eigenvalue weighted by Crippen LogP contribution is 2.41. The molecule has 2 aliphatic rings. The zero-order valence-corrected chi connectivity index (χ0v) is 17.3. The SMILES string of the molecule is Nc1ncc(-c2cc3n(n2)CC[C@@]32CCNC2)cc1OCc1c(Cl)cccc1Cl. The molecule has 4 heterocycles. The number of fused-ring (bicyclic) bond motifs is 2. The molecule has 0 aliphatic carbocycles. The number of pyridine rings is 1. The number of ether oxygens (including phenoxy) is 1. The maximum absolute atomic E-state index is 6.24. The van der Waals surface area contributed by atoms with E-state index in [1.54, 1.807) is 24.4 Å². The molecule has 0 unspecified atom stereocenters. The molecule has 0 bridgehead atoms. The summed E-state index contributed by atoms with van der Waals surface area (Å²) in [4.78, 5) is 4.31. The number of aromatic nitrogens is 3. The van der Waals surface area contributed by atoms with Crippen LogP contribution in [-0.2, 0) is 18.6 Å². The van der Waals surface area contributed by atoms with Crippen LogP contribution in [-0.4, -0.2) is 27.9 Å². The Bertz CT molecular complexity index is 1050. The fourth-order valence-electron chi connectivity index (χ4n) is 4.31. The summed E-state index contributed by atoms with van der Waals surface area (Å²) in [5.74, 6) is 0.809. The Labute approximate surface area is 179 Å². The number of benzene rings is 1. The van der Waals surface area contributed by atoms with E-state index >= 15 is 0 Å². The van der Waals surface area contributed by atoms with Gasteiger partial charge in [-0.1, -0.05) is 29.3 Å². The van der Waals surface area contributed by atoms with Gasteiger partial charge in [0.2, 0.25) is 0 Å². The van der Waals surface area contributed by atoms with Gasteiger partial charge in [0.15, 0.2) is 11.6 Å². The number of nitrogens with zero attached hydrogens (tertiary/aromatic N) is 3. The molecule has 1 fully saturated rings. The molecule has 0 saturated carbocycles. The van der Waals surface area contributed by atoms with E-state index in [2.05, 4.69) is 21.0 Å². The summed E-state index contributed by atoms with van der Waals surface area (Å²) in [5.41, 5.74) is 10.0. The number of hydrogen-bond acceptors (Lipinski definition) is 5. The zero-order chi connectivity index (χ0) is 20.0. The Balaban J connectivity index is 1.42. The third-order valence-corrected chi connectivity index (χ3v) is 6.69. The van der Waals surface area contributed by atoms with Gasteiger partial charge < -0.3 is 15.8 Å². The van der Waals surface area contributed by atoms with Crippen molar-refractivity contribution in [2.75, 3.05) is 18.8 Å². The van der Waals surface area contributed by atoms with Gasteiger partial charge in [0.25, 0.3) is 0 Å². The Morgan fingerprint density at radius 1 is 1.21 bits per heavy atom. The number of rotatable bonds is 4. The van der Waals surface area contributed by atoms with Crippen molar-refractivity contribution in [3.63, 3.8) is 0 Å². The van der Waals surface area contributed by atoms with Crippen LogP contribution in [0.3, 0.4) is 0 Å². The molecule has 1 aromatic carbocycles. The van der Waals surface area contributed by atoms with Crippen molar-refractivity contribution in [2.24, 2.45) is 0 Å². The highest BCUT2D eigenvalue weighted by atomic mass is 35.5. The van der Waals surface area contributed by atoms with Crippen LogP contribution in [0.4, 0.5) is 5.82 Å². The first-order chi connectivity index (χ1) is 14.1. The van der Waals surface area contributed by atoms with Gasteiger partial charge in [0.1, 0.15) is 6.61 Å². The third kappa shape index (κ3) is 3.25. The molecule has 1 saturated heterocycles. The van der Waals surface area contributed by atoms with Crippen LogP contribution in [0, 0.1) is 0 Å². The number of aryl methyl sites for hydroxylation is 1. The van der Waals surface area contributed by atoms with Gasteiger partial charge in [0, 0.05) is 51.6 Å². The first kappa shape index (κ1) is 18.7. The molecule has 2 aliphatic heterocycles. The monoisotopic (exact) mass is 429 g/mol. The molecule has 1 atom stereocenters. The first-order valence-corrected chi connectivity index (χ1v) is 10.4. The largest absolute Gasteiger partial charge is 0.485 e. The van der Waals surface area contributed by atoms with Gasteiger partial charge in [-0.05, 0) is 43.7 Å². The van der Waals surface area contributed by atoms with Crippen LogP contribution in [0.15, 0.2) is 36.5 Å². The van der Waals surface area contributed by atoms with E-state index in [4.69, 9.17) is 38.8 Å². The van der Waals surface area contributed by atoms with E-state index in [1.165, 1.54) is 5.69 Å². The minimum Gasteiger partial charge on any atom is -0.485 e. The maximum atomic E-state index is 6.24. The predicted octanol–water partition coefficient (Wildman–Crippen LogP) is 4.05. The molecule has 150 valence electrons. The maximum Gasteiger partial charge on any atom is 0.166 e. The lowest BCUT2D eigenvalue weighted by Gasteiger charge is -2.20. The number of nitrogen functional groups attached to an aromatic ring is 1. The van der Waals surface area contributed by atoms with Crippen LogP contribution in [0.1, 0.15) is 24.1 Å². The van der Waals surface area contributed by atoms with Crippen molar-refractivity contribution >= 4 is 29.0 Å². The second-order valence-electron chi connectivity index (χ2n) is 7.69. The van der Waals surface area contributed by atoms with E-state index in [0.29, 0.717) is 21.6 Å². The standard InChI is InChI=1S/C21H21Cl2N5O/c22-15-2-1-3-16(23)14(15)11-29-18-8-13(10-26-20(18)24)17-9-19-21(4-6-25-12-21)5-7-28(19)27-17/h1-3,8-10,25H,4-7,11-12H2,(H2,24,26)/t21-/m1/s1. The van der Waals surface area contributed by atoms with E-state index in [0.717, 1.165) is 49.3 Å². The Hall–Kier alpha value is -2.28. The summed E-state index contributed by atoms with van der Waals surface area (Å²) in [6.45, 7) is 3.24. The van der Waals surface area contributed by atoms with E-state index in [9.17, 15) is 0 Å². The van der Waals surface area contributed by atoms with Crippen molar-refractivity contribution < 1.29 is 4.74 Å². The van der Waals surface area contributed by atoms with Gasteiger partial charge in [-0.3, -0.25) is 4.68 Å². The van der Waals surface area contributed by atoms with Crippen molar-refractivity contribution in [1.29, 1.82) is 0 Å². The molecule has 1 spiro atoms. The molecule has 2 aromatic heterocycles. The molecule has 0 radical (unpaired) electrons. The summed E-state index contributed by atoms with van der Waals surface area (Å²) in [6.07, 6.45) is 4.04. The molecule has 0 amide bonds. The molecule has 29 heavy (non-hydrogen) atoms. The summed E-state index contributed by atoms with van der Waals surface area (Å²) in [7, 11) is 0. The van der Waals surface area contributed by atoms with Crippen LogP contribution in [0.25, 0.3) is 11.3 Å². The highest BCUT2D eigenvalue weighted by Gasteiger charge is 2.42. The molecule has 8 heteroatoms. The number of nitrogens with one attached hydrogen (secondary N) is 1. The number of anilines is 1. The lowest BCUT2D eigenvalue weighted by atomic mass is 9.82. The predicted molar refractivity (Wildman–Crippen MR) is 114 cm³/mol. The van der Waals surface area contributed by atoms with Gasteiger partial charge in [0.05, 0.1) is 5.69 Å². The minimum absolute atomic E-state index is 0.211. The molecule has 5 rings (SSSR count). The minimum atomic E-state index is 0.211. The Kier molecular flexibility index (Phi) is 4.65. The zero-order valence-electron chi connectivity index (χ0n) is 15.8. The second-order valence-corrected chi connectivity index (χ2v) is 8.51.